The molecule has 0 atom stereocenters. The SMILES string of the molecule is c1ccc(-c2cccc(-n3c4ccccc4c4ccc(-n5c6ccc(-n7c8ccccc8c8ccccc87)cc6c6cccc([Si](c7ccccc7)(c7ccccc7)c7ccccc7)c65)cc43)c2)cc1. The predicted octanol–water partition coefficient (Wildman–Crippen LogP) is 14.0. The van der Waals surface area contributed by atoms with Crippen LogP contribution >= 0.6 is 0 Å². The van der Waals surface area contributed by atoms with E-state index in [9.17, 15) is 0 Å². The minimum Gasteiger partial charge on any atom is -0.309 e. The third-order valence-corrected chi connectivity index (χ3v) is 19.6. The molecule has 0 spiro atoms. The Kier molecular flexibility index (Phi) is 9.23. The predicted molar refractivity (Wildman–Crippen MR) is 299 cm³/mol. The second kappa shape index (κ2) is 16.1. The van der Waals surface area contributed by atoms with Gasteiger partial charge in [0.1, 0.15) is 0 Å². The third kappa shape index (κ3) is 6.00. The summed E-state index contributed by atoms with van der Waals surface area (Å²) in [6.07, 6.45) is 0. The van der Waals surface area contributed by atoms with Crippen molar-refractivity contribution in [2.24, 2.45) is 0 Å². The number of para-hydroxylation sites is 4. The number of hydrogen-bond acceptors (Lipinski definition) is 0. The van der Waals surface area contributed by atoms with E-state index < -0.39 is 8.07 Å². The van der Waals surface area contributed by atoms with E-state index in [-0.39, 0.29) is 0 Å². The highest BCUT2D eigenvalue weighted by molar-refractivity contribution is 7.20. The summed E-state index contributed by atoms with van der Waals surface area (Å²) in [6.45, 7) is 0. The molecule has 0 saturated carbocycles. The molecule has 0 amide bonds. The molecule has 0 saturated heterocycles. The lowest BCUT2D eigenvalue weighted by Crippen LogP contribution is -2.75. The van der Waals surface area contributed by atoms with Crippen LogP contribution in [-0.2, 0) is 0 Å². The van der Waals surface area contributed by atoms with Crippen LogP contribution in [0.5, 0.6) is 0 Å². The second-order valence-electron chi connectivity index (χ2n) is 18.4. The summed E-state index contributed by atoms with van der Waals surface area (Å²) in [4.78, 5) is 0. The fourth-order valence-electron chi connectivity index (χ4n) is 11.8. The highest BCUT2D eigenvalue weighted by Crippen LogP contribution is 2.40. The van der Waals surface area contributed by atoms with Crippen molar-refractivity contribution in [2.75, 3.05) is 0 Å². The van der Waals surface area contributed by atoms with Crippen LogP contribution < -0.4 is 20.7 Å². The molecule has 0 aliphatic rings. The fraction of sp³-hybridized carbons (Fsp3) is 0. The van der Waals surface area contributed by atoms with Crippen molar-refractivity contribution >= 4 is 94.2 Å². The molecule has 70 heavy (non-hydrogen) atoms. The maximum absolute atomic E-state index is 3.04. The number of aromatic nitrogens is 3. The average molecular weight is 908 g/mol. The molecular formula is C66H45N3Si. The Hall–Kier alpha value is -8.96. The van der Waals surface area contributed by atoms with Crippen LogP contribution in [0.3, 0.4) is 0 Å². The van der Waals surface area contributed by atoms with Gasteiger partial charge in [0.25, 0.3) is 0 Å². The van der Waals surface area contributed by atoms with Crippen LogP contribution in [0, 0.1) is 0 Å². The zero-order valence-electron chi connectivity index (χ0n) is 38.3. The lowest BCUT2D eigenvalue weighted by Gasteiger charge is -2.35. The van der Waals surface area contributed by atoms with Crippen molar-refractivity contribution in [2.45, 2.75) is 0 Å². The summed E-state index contributed by atoms with van der Waals surface area (Å²) >= 11 is 0. The average Bonchev–Trinajstić information content (AvgIpc) is 4.08. The summed E-state index contributed by atoms with van der Waals surface area (Å²) < 4.78 is 7.50. The Labute approximate surface area is 407 Å². The monoisotopic (exact) mass is 907 g/mol. The van der Waals surface area contributed by atoms with Crippen molar-refractivity contribution in [3.63, 3.8) is 0 Å². The molecule has 3 heterocycles. The molecule has 11 aromatic carbocycles. The minimum absolute atomic E-state index is 1.12. The zero-order chi connectivity index (χ0) is 46.2. The normalized spacial score (nSPS) is 12.0. The quantitative estimate of drug-likeness (QED) is 0.107. The van der Waals surface area contributed by atoms with E-state index in [1.165, 1.54) is 86.3 Å². The van der Waals surface area contributed by atoms with Gasteiger partial charge in [-0.1, -0.05) is 212 Å². The molecule has 14 aromatic rings. The first-order valence-corrected chi connectivity index (χ1v) is 26.2. The molecule has 0 N–H and O–H groups in total. The number of benzene rings is 11. The topological polar surface area (TPSA) is 14.8 Å². The van der Waals surface area contributed by atoms with Gasteiger partial charge in [-0.3, -0.25) is 0 Å². The number of rotatable bonds is 8. The maximum Gasteiger partial charge on any atom is 0.181 e. The van der Waals surface area contributed by atoms with E-state index in [4.69, 9.17) is 0 Å². The van der Waals surface area contributed by atoms with Gasteiger partial charge >= 0.3 is 0 Å². The molecule has 0 fully saturated rings. The van der Waals surface area contributed by atoms with Crippen LogP contribution in [-0.4, -0.2) is 21.8 Å². The van der Waals surface area contributed by atoms with Gasteiger partial charge in [0, 0.05) is 49.4 Å². The summed E-state index contributed by atoms with van der Waals surface area (Å²) in [6, 6.07) is 102. The summed E-state index contributed by atoms with van der Waals surface area (Å²) in [5.41, 5.74) is 12.9. The van der Waals surface area contributed by atoms with Gasteiger partial charge in [0.2, 0.25) is 0 Å². The smallest absolute Gasteiger partial charge is 0.181 e. The van der Waals surface area contributed by atoms with Crippen LogP contribution in [0.2, 0.25) is 0 Å². The number of nitrogens with zero attached hydrogens (tertiary/aromatic N) is 3. The van der Waals surface area contributed by atoms with Gasteiger partial charge < -0.3 is 13.7 Å². The Morgan fingerprint density at radius 1 is 0.229 bits per heavy atom. The van der Waals surface area contributed by atoms with E-state index in [1.54, 1.807) is 0 Å². The first-order chi connectivity index (χ1) is 34.8. The molecule has 3 nitrogen and oxygen atoms in total. The molecule has 328 valence electrons. The Morgan fingerprint density at radius 2 is 0.643 bits per heavy atom. The molecule has 4 heteroatoms. The first kappa shape index (κ1) is 40.1. The zero-order valence-corrected chi connectivity index (χ0v) is 39.3. The largest absolute Gasteiger partial charge is 0.309 e. The Balaban J connectivity index is 1.12. The molecule has 0 radical (unpaired) electrons. The lowest BCUT2D eigenvalue weighted by atomic mass is 10.1. The van der Waals surface area contributed by atoms with Gasteiger partial charge in [-0.2, -0.15) is 0 Å². The standard InChI is InChI=1S/C66H45N3Si/c1-5-21-46(22-6-1)47-23-19-24-48(43-47)68-62-37-18-15-33-56(62)57-41-39-50(45-64(57)68)69-63-42-40-49(67-60-35-16-13-31-54(60)55-32-14-17-36-61(55)67)44-59(63)58-34-20-38-65(66(58)69)70(51-25-7-2-8-26-51,52-27-9-3-10-28-52)53-29-11-4-12-30-53/h1-45H. The van der Waals surface area contributed by atoms with E-state index in [0.717, 1.165) is 28.1 Å². The number of hydrogen-bond donors (Lipinski definition) is 0. The highest BCUT2D eigenvalue weighted by atomic mass is 28.3. The van der Waals surface area contributed by atoms with E-state index in [0.29, 0.717) is 0 Å². The summed E-state index contributed by atoms with van der Waals surface area (Å²) in [7, 11) is -3.04. The Morgan fingerprint density at radius 3 is 1.23 bits per heavy atom. The molecule has 0 aliphatic heterocycles. The molecule has 0 unspecified atom stereocenters. The van der Waals surface area contributed by atoms with Crippen molar-refractivity contribution in [3.05, 3.63) is 273 Å². The molecule has 0 bridgehead atoms. The highest BCUT2D eigenvalue weighted by Gasteiger charge is 2.43. The van der Waals surface area contributed by atoms with Crippen LogP contribution in [0.15, 0.2) is 273 Å². The lowest BCUT2D eigenvalue weighted by molar-refractivity contribution is 1.15. The van der Waals surface area contributed by atoms with Gasteiger partial charge in [0.05, 0.1) is 33.1 Å². The van der Waals surface area contributed by atoms with Gasteiger partial charge in [-0.25, -0.2) is 0 Å². The second-order valence-corrected chi connectivity index (χ2v) is 22.2. The van der Waals surface area contributed by atoms with E-state index >= 15 is 0 Å². The van der Waals surface area contributed by atoms with Gasteiger partial charge in [-0.15, -0.1) is 0 Å². The van der Waals surface area contributed by atoms with Crippen LogP contribution in [0.1, 0.15) is 0 Å². The van der Waals surface area contributed by atoms with Crippen molar-refractivity contribution in [1.82, 2.24) is 13.7 Å². The van der Waals surface area contributed by atoms with Gasteiger partial charge in [0.15, 0.2) is 8.07 Å². The minimum atomic E-state index is -3.04. The molecule has 14 rings (SSSR count). The summed E-state index contributed by atoms with van der Waals surface area (Å²) in [5, 5.41) is 12.8. The maximum atomic E-state index is 2.59. The fourth-order valence-corrected chi connectivity index (χ4v) is 16.8. The summed E-state index contributed by atoms with van der Waals surface area (Å²) in [5.74, 6) is 0. The third-order valence-electron chi connectivity index (χ3n) is 14.8. The molecular weight excluding hydrogens is 863 g/mol. The van der Waals surface area contributed by atoms with E-state index in [1.807, 2.05) is 0 Å². The van der Waals surface area contributed by atoms with Crippen LogP contribution in [0.4, 0.5) is 0 Å². The Bertz CT molecular complexity index is 4130. The van der Waals surface area contributed by atoms with Gasteiger partial charge in [-0.05, 0) is 92.5 Å². The first-order valence-electron chi connectivity index (χ1n) is 24.2. The van der Waals surface area contributed by atoms with E-state index in [2.05, 4.69) is 287 Å². The van der Waals surface area contributed by atoms with Crippen molar-refractivity contribution in [3.8, 4) is 28.2 Å². The molecule has 3 aromatic heterocycles. The number of fused-ring (bicyclic) bond motifs is 9. The van der Waals surface area contributed by atoms with Crippen molar-refractivity contribution in [1.29, 1.82) is 0 Å². The molecule has 0 aliphatic carbocycles. The van der Waals surface area contributed by atoms with Crippen molar-refractivity contribution < 1.29 is 0 Å². The van der Waals surface area contributed by atoms with Crippen LogP contribution in [0.25, 0.3) is 93.6 Å².